The summed E-state index contributed by atoms with van der Waals surface area (Å²) in [4.78, 5) is 32.7. The Hall–Kier alpha value is -3.92. The van der Waals surface area contributed by atoms with Crippen molar-refractivity contribution in [1.82, 2.24) is 14.9 Å². The molecule has 0 unspecified atom stereocenters. The van der Waals surface area contributed by atoms with Crippen LogP contribution in [0.3, 0.4) is 0 Å². The predicted octanol–water partition coefficient (Wildman–Crippen LogP) is 3.07. The van der Waals surface area contributed by atoms with Crippen LogP contribution in [-0.2, 0) is 0 Å². The third kappa shape index (κ3) is 4.96. The molecule has 3 aromatic rings. The number of piperazine rings is 1. The summed E-state index contributed by atoms with van der Waals surface area (Å²) in [6.45, 7) is 2.90. The van der Waals surface area contributed by atoms with Crippen molar-refractivity contribution in [3.05, 3.63) is 63.7 Å². The quantitative estimate of drug-likeness (QED) is 0.381. The molecule has 5 rings (SSSR count). The highest BCUT2D eigenvalue weighted by molar-refractivity contribution is 6.00. The maximum Gasteiger partial charge on any atom is 0.276 e. The largest absolute Gasteiger partial charge is 0.492 e. The molecule has 1 N–H and O–H groups in total. The molecular formula is C28H33FN6O3. The van der Waals surface area contributed by atoms with Gasteiger partial charge in [0, 0.05) is 58.2 Å². The number of anilines is 2. The first kappa shape index (κ1) is 25.7. The predicted molar refractivity (Wildman–Crippen MR) is 149 cm³/mol. The van der Waals surface area contributed by atoms with Gasteiger partial charge in [-0.25, -0.2) is 9.82 Å². The van der Waals surface area contributed by atoms with Crippen molar-refractivity contribution in [3.8, 4) is 5.75 Å². The van der Waals surface area contributed by atoms with Crippen LogP contribution >= 0.6 is 0 Å². The number of amides is 1. The van der Waals surface area contributed by atoms with Gasteiger partial charge in [0.15, 0.2) is 11.6 Å². The monoisotopic (exact) mass is 520 g/mol. The highest BCUT2D eigenvalue weighted by Crippen LogP contribution is 2.43. The summed E-state index contributed by atoms with van der Waals surface area (Å²) in [5, 5.41) is 4.19. The number of nitrogens with zero attached hydrogens (tertiary/aromatic N) is 5. The Bertz CT molecular complexity index is 1460. The Morgan fingerprint density at radius 3 is 2.58 bits per heavy atom. The van der Waals surface area contributed by atoms with Gasteiger partial charge < -0.3 is 24.0 Å². The fraction of sp³-hybridized carbons (Fsp3) is 0.393. The number of hydrogen-bond acceptors (Lipinski definition) is 7. The standard InChI is InChI=1S/C28H33FN6O3/c1-32(2)20-7-5-6-18(14-20)16-30-31-28(37)22-17-35(19-8-9-19)24-21(26(22)36)15-23(29)25(27(24)38-4)34-12-10-33(3)11-13-34/h5-7,14-17,19H,8-13H2,1-4H3,(H,31,37)/b30-16-. The van der Waals surface area contributed by atoms with Crippen molar-refractivity contribution < 1.29 is 13.9 Å². The summed E-state index contributed by atoms with van der Waals surface area (Å²) in [5.41, 5.74) is 4.51. The molecule has 1 saturated carbocycles. The molecule has 2 aromatic carbocycles. The molecule has 0 atom stereocenters. The Labute approximate surface area is 221 Å². The van der Waals surface area contributed by atoms with Gasteiger partial charge in [-0.2, -0.15) is 5.10 Å². The van der Waals surface area contributed by atoms with Gasteiger partial charge in [0.2, 0.25) is 5.43 Å². The fourth-order valence-electron chi connectivity index (χ4n) is 4.87. The van der Waals surface area contributed by atoms with Gasteiger partial charge in [-0.15, -0.1) is 0 Å². The zero-order valence-corrected chi connectivity index (χ0v) is 22.2. The van der Waals surface area contributed by atoms with E-state index in [2.05, 4.69) is 15.4 Å². The number of carbonyl (C=O) groups excluding carboxylic acids is 1. The highest BCUT2D eigenvalue weighted by Gasteiger charge is 2.31. The second kappa shape index (κ2) is 10.4. The van der Waals surface area contributed by atoms with E-state index in [9.17, 15) is 9.59 Å². The summed E-state index contributed by atoms with van der Waals surface area (Å²) in [7, 11) is 7.41. The number of rotatable bonds is 7. The van der Waals surface area contributed by atoms with Crippen LogP contribution in [0.4, 0.5) is 15.8 Å². The number of aromatic nitrogens is 1. The molecule has 0 spiro atoms. The Morgan fingerprint density at radius 1 is 1.18 bits per heavy atom. The number of nitrogens with one attached hydrogen (secondary N) is 1. The zero-order chi connectivity index (χ0) is 27.0. The molecule has 2 aliphatic rings. The number of hydrogen-bond donors (Lipinski definition) is 1. The summed E-state index contributed by atoms with van der Waals surface area (Å²) < 4.78 is 23.2. The minimum atomic E-state index is -0.645. The van der Waals surface area contributed by atoms with Gasteiger partial charge in [0.05, 0.1) is 24.2 Å². The highest BCUT2D eigenvalue weighted by atomic mass is 19.1. The number of ether oxygens (including phenoxy) is 1. The van der Waals surface area contributed by atoms with Crippen molar-refractivity contribution in [1.29, 1.82) is 0 Å². The normalized spacial score (nSPS) is 16.3. The number of halogens is 1. The number of hydrazone groups is 1. The minimum absolute atomic E-state index is 0.0857. The van der Waals surface area contributed by atoms with Gasteiger partial charge in [-0.05, 0) is 43.7 Å². The van der Waals surface area contributed by atoms with E-state index in [0.29, 0.717) is 30.0 Å². The first-order valence-corrected chi connectivity index (χ1v) is 12.8. The van der Waals surface area contributed by atoms with Crippen LogP contribution in [0.15, 0.2) is 46.4 Å². The van der Waals surface area contributed by atoms with Gasteiger partial charge in [-0.3, -0.25) is 9.59 Å². The fourth-order valence-corrected chi connectivity index (χ4v) is 4.87. The number of likely N-dealkylation sites (N-methyl/N-ethyl adjacent to an activating group) is 1. The summed E-state index contributed by atoms with van der Waals surface area (Å²) in [6, 6.07) is 9.02. The number of methoxy groups -OCH3 is 1. The number of benzene rings is 2. The second-order valence-corrected chi connectivity index (χ2v) is 10.1. The first-order chi connectivity index (χ1) is 18.3. The van der Waals surface area contributed by atoms with Crippen molar-refractivity contribution in [2.75, 3.05) is 64.2 Å². The van der Waals surface area contributed by atoms with E-state index in [1.165, 1.54) is 19.4 Å². The summed E-state index contributed by atoms with van der Waals surface area (Å²) in [5.74, 6) is -0.845. The topological polar surface area (TPSA) is 82.4 Å². The van der Waals surface area contributed by atoms with Gasteiger partial charge in [0.25, 0.3) is 5.91 Å². The minimum Gasteiger partial charge on any atom is -0.492 e. The SMILES string of the molecule is COc1c(N2CCN(C)CC2)c(F)cc2c(=O)c(C(=O)N/N=C\c3cccc(N(C)C)c3)cn(C3CC3)c12. The lowest BCUT2D eigenvalue weighted by molar-refractivity contribution is 0.0953. The molecule has 1 aliphatic heterocycles. The van der Waals surface area contributed by atoms with Crippen LogP contribution < -0.4 is 25.4 Å². The van der Waals surface area contributed by atoms with Crippen LogP contribution in [0.5, 0.6) is 5.75 Å². The van der Waals surface area contributed by atoms with E-state index in [1.807, 2.05) is 59.8 Å². The van der Waals surface area contributed by atoms with E-state index in [4.69, 9.17) is 4.74 Å². The molecule has 0 radical (unpaired) electrons. The van der Waals surface area contributed by atoms with Crippen LogP contribution in [0, 0.1) is 5.82 Å². The molecule has 1 saturated heterocycles. The van der Waals surface area contributed by atoms with E-state index in [-0.39, 0.29) is 17.0 Å². The maximum atomic E-state index is 15.6. The van der Waals surface area contributed by atoms with E-state index in [1.54, 1.807) is 6.20 Å². The van der Waals surface area contributed by atoms with Crippen LogP contribution in [0.25, 0.3) is 10.9 Å². The van der Waals surface area contributed by atoms with Crippen molar-refractivity contribution >= 4 is 34.4 Å². The number of carbonyl (C=O) groups is 1. The molecule has 1 aliphatic carbocycles. The third-order valence-electron chi connectivity index (χ3n) is 7.17. The summed E-state index contributed by atoms with van der Waals surface area (Å²) in [6.07, 6.45) is 4.90. The second-order valence-electron chi connectivity index (χ2n) is 10.1. The van der Waals surface area contributed by atoms with Crippen molar-refractivity contribution in [3.63, 3.8) is 0 Å². The molecule has 1 amide bonds. The Balaban J connectivity index is 1.52. The first-order valence-electron chi connectivity index (χ1n) is 12.8. The average molecular weight is 521 g/mol. The van der Waals surface area contributed by atoms with Crippen LogP contribution in [0.1, 0.15) is 34.8 Å². The summed E-state index contributed by atoms with van der Waals surface area (Å²) >= 11 is 0. The van der Waals surface area contributed by atoms with Gasteiger partial charge >= 0.3 is 0 Å². The van der Waals surface area contributed by atoms with E-state index in [0.717, 1.165) is 37.2 Å². The number of fused-ring (bicyclic) bond motifs is 1. The smallest absolute Gasteiger partial charge is 0.276 e. The molecule has 0 bridgehead atoms. The lowest BCUT2D eigenvalue weighted by Crippen LogP contribution is -2.45. The molecule has 2 heterocycles. The molecule has 9 nitrogen and oxygen atoms in total. The third-order valence-corrected chi connectivity index (χ3v) is 7.17. The lowest BCUT2D eigenvalue weighted by atomic mass is 10.1. The average Bonchev–Trinajstić information content (AvgIpc) is 3.75. The molecule has 1 aromatic heterocycles. The van der Waals surface area contributed by atoms with Crippen molar-refractivity contribution in [2.45, 2.75) is 18.9 Å². The molecule has 38 heavy (non-hydrogen) atoms. The maximum absolute atomic E-state index is 15.6. The molecule has 2 fully saturated rings. The van der Waals surface area contributed by atoms with Crippen molar-refractivity contribution in [2.24, 2.45) is 5.10 Å². The number of pyridine rings is 1. The Kier molecular flexibility index (Phi) is 7.07. The van der Waals surface area contributed by atoms with Crippen LogP contribution in [-0.4, -0.2) is 76.0 Å². The molecule has 200 valence electrons. The lowest BCUT2D eigenvalue weighted by Gasteiger charge is -2.35. The zero-order valence-electron chi connectivity index (χ0n) is 22.2. The molecule has 10 heteroatoms. The Morgan fingerprint density at radius 2 is 1.92 bits per heavy atom. The van der Waals surface area contributed by atoms with Crippen LogP contribution in [0.2, 0.25) is 0 Å². The van der Waals surface area contributed by atoms with Gasteiger partial charge in [-0.1, -0.05) is 12.1 Å². The van der Waals surface area contributed by atoms with E-state index >= 15 is 4.39 Å². The molecular weight excluding hydrogens is 487 g/mol. The van der Waals surface area contributed by atoms with E-state index < -0.39 is 17.2 Å². The van der Waals surface area contributed by atoms with Gasteiger partial charge in [0.1, 0.15) is 11.3 Å².